The Morgan fingerprint density at radius 2 is 1.80 bits per heavy atom. The number of piperidine rings is 1. The van der Waals surface area contributed by atoms with Crippen LogP contribution in [0.5, 0.6) is 0 Å². The highest BCUT2D eigenvalue weighted by Gasteiger charge is 2.51. The van der Waals surface area contributed by atoms with Crippen molar-refractivity contribution in [3.8, 4) is 0 Å². The van der Waals surface area contributed by atoms with Crippen LogP contribution < -0.4 is 5.32 Å². The van der Waals surface area contributed by atoms with Gasteiger partial charge in [-0.3, -0.25) is 9.69 Å². The summed E-state index contributed by atoms with van der Waals surface area (Å²) in [4.78, 5) is 29.6. The van der Waals surface area contributed by atoms with Gasteiger partial charge in [-0.25, -0.2) is 9.69 Å². The summed E-state index contributed by atoms with van der Waals surface area (Å²) in [6, 6.07) is 17.5. The lowest BCUT2D eigenvalue weighted by molar-refractivity contribution is -0.133. The molecule has 3 amide bonds. The van der Waals surface area contributed by atoms with Gasteiger partial charge >= 0.3 is 6.03 Å². The lowest BCUT2D eigenvalue weighted by Gasteiger charge is -2.34. The summed E-state index contributed by atoms with van der Waals surface area (Å²) >= 11 is 6.14. The zero-order chi connectivity index (χ0) is 21.1. The average molecular weight is 426 g/mol. The first-order valence-corrected chi connectivity index (χ1v) is 11.1. The number of imide groups is 1. The number of likely N-dealkylation sites (tertiary alicyclic amines) is 1. The van der Waals surface area contributed by atoms with Crippen LogP contribution in [0.3, 0.4) is 0 Å². The summed E-state index contributed by atoms with van der Waals surface area (Å²) < 4.78 is 0. The van der Waals surface area contributed by atoms with Gasteiger partial charge in [0.05, 0.1) is 6.67 Å². The Bertz CT molecular complexity index is 912. The standard InChI is InChI=1S/C24H28ClN3O2/c1-2-24(20-9-6-10-21(25)16-20)22(29)28(23(30)26-24)17-27-13-11-19(12-14-27)15-18-7-4-3-5-8-18/h3-10,16,19H,2,11-15,17H2,1H3,(H,26,30)/t24-/m1/s1. The number of urea groups is 1. The first-order valence-electron chi connectivity index (χ1n) is 10.7. The molecular weight excluding hydrogens is 398 g/mol. The van der Waals surface area contributed by atoms with Crippen molar-refractivity contribution in [3.05, 3.63) is 70.7 Å². The summed E-state index contributed by atoms with van der Waals surface area (Å²) in [7, 11) is 0. The van der Waals surface area contributed by atoms with Gasteiger partial charge in [-0.1, -0.05) is 61.0 Å². The van der Waals surface area contributed by atoms with Crippen LogP contribution in [0.2, 0.25) is 5.02 Å². The minimum atomic E-state index is -1.03. The van der Waals surface area contributed by atoms with E-state index in [1.165, 1.54) is 10.5 Å². The van der Waals surface area contributed by atoms with E-state index in [2.05, 4.69) is 34.5 Å². The van der Waals surface area contributed by atoms with E-state index in [0.717, 1.165) is 37.9 Å². The maximum atomic E-state index is 13.3. The number of benzene rings is 2. The van der Waals surface area contributed by atoms with Crippen LogP contribution in [0.25, 0.3) is 0 Å². The number of hydrogen-bond donors (Lipinski definition) is 1. The molecule has 4 rings (SSSR count). The molecule has 0 saturated carbocycles. The van der Waals surface area contributed by atoms with Crippen LogP contribution >= 0.6 is 11.6 Å². The number of carbonyl (C=O) groups excluding carboxylic acids is 2. The Morgan fingerprint density at radius 1 is 1.07 bits per heavy atom. The monoisotopic (exact) mass is 425 g/mol. The average Bonchev–Trinajstić information content (AvgIpc) is 3.01. The largest absolute Gasteiger partial charge is 0.326 e. The molecule has 1 N–H and O–H groups in total. The zero-order valence-corrected chi connectivity index (χ0v) is 18.1. The molecule has 2 aromatic rings. The third-order valence-corrected chi connectivity index (χ3v) is 6.67. The van der Waals surface area contributed by atoms with Gasteiger partial charge in [-0.15, -0.1) is 0 Å². The van der Waals surface area contributed by atoms with Gasteiger partial charge in [0.1, 0.15) is 5.54 Å². The van der Waals surface area contributed by atoms with E-state index >= 15 is 0 Å². The molecule has 158 valence electrons. The molecule has 0 aliphatic carbocycles. The van der Waals surface area contributed by atoms with E-state index in [1.807, 2.05) is 25.1 Å². The maximum absolute atomic E-state index is 13.3. The Morgan fingerprint density at radius 3 is 2.47 bits per heavy atom. The molecule has 1 atom stereocenters. The lowest BCUT2D eigenvalue weighted by Crippen LogP contribution is -2.47. The van der Waals surface area contributed by atoms with E-state index in [0.29, 0.717) is 24.0 Å². The first kappa shape index (κ1) is 20.9. The predicted octanol–water partition coefficient (Wildman–Crippen LogP) is 4.41. The van der Waals surface area contributed by atoms with Crippen LogP contribution in [0, 0.1) is 5.92 Å². The molecule has 2 fully saturated rings. The number of carbonyl (C=O) groups is 2. The van der Waals surface area contributed by atoms with Crippen molar-refractivity contribution in [1.29, 1.82) is 0 Å². The number of hydrogen-bond acceptors (Lipinski definition) is 3. The second-order valence-corrected chi connectivity index (χ2v) is 8.76. The van der Waals surface area contributed by atoms with Crippen molar-refractivity contribution < 1.29 is 9.59 Å². The predicted molar refractivity (Wildman–Crippen MR) is 118 cm³/mol. The van der Waals surface area contributed by atoms with E-state index in [9.17, 15) is 9.59 Å². The summed E-state index contributed by atoms with van der Waals surface area (Å²) in [6.45, 7) is 4.04. The van der Waals surface area contributed by atoms with E-state index in [-0.39, 0.29) is 11.9 Å². The number of nitrogens with one attached hydrogen (secondary N) is 1. The van der Waals surface area contributed by atoms with Crippen LogP contribution in [0.1, 0.15) is 37.3 Å². The van der Waals surface area contributed by atoms with Gasteiger partial charge in [0.25, 0.3) is 5.91 Å². The Labute approximate surface area is 183 Å². The third-order valence-electron chi connectivity index (χ3n) is 6.44. The zero-order valence-electron chi connectivity index (χ0n) is 17.3. The fourth-order valence-corrected chi connectivity index (χ4v) is 4.82. The highest BCUT2D eigenvalue weighted by Crippen LogP contribution is 2.34. The summed E-state index contributed by atoms with van der Waals surface area (Å²) in [5.41, 5.74) is 1.08. The second kappa shape index (κ2) is 8.78. The molecule has 0 radical (unpaired) electrons. The van der Waals surface area contributed by atoms with E-state index in [4.69, 9.17) is 11.6 Å². The van der Waals surface area contributed by atoms with Crippen LogP contribution in [0.15, 0.2) is 54.6 Å². The Kier molecular flexibility index (Phi) is 6.11. The second-order valence-electron chi connectivity index (χ2n) is 8.33. The van der Waals surface area contributed by atoms with Gasteiger partial charge < -0.3 is 5.32 Å². The van der Waals surface area contributed by atoms with Crippen molar-refractivity contribution in [1.82, 2.24) is 15.1 Å². The minimum Gasteiger partial charge on any atom is -0.319 e. The van der Waals surface area contributed by atoms with Gasteiger partial charge in [-0.05, 0) is 54.9 Å². The SMILES string of the molecule is CC[C@]1(c2cccc(Cl)c2)NC(=O)N(CN2CCC(Cc3ccccc3)CC2)C1=O. The lowest BCUT2D eigenvalue weighted by atomic mass is 9.87. The van der Waals surface area contributed by atoms with Crippen molar-refractivity contribution in [2.75, 3.05) is 19.8 Å². The minimum absolute atomic E-state index is 0.191. The van der Waals surface area contributed by atoms with E-state index in [1.54, 1.807) is 12.1 Å². The molecule has 2 aliphatic heterocycles. The highest BCUT2D eigenvalue weighted by atomic mass is 35.5. The molecule has 30 heavy (non-hydrogen) atoms. The quantitative estimate of drug-likeness (QED) is 0.697. The van der Waals surface area contributed by atoms with Crippen LogP contribution in [-0.4, -0.2) is 41.5 Å². The summed E-state index contributed by atoms with van der Waals surface area (Å²) in [6.07, 6.45) is 3.72. The van der Waals surface area contributed by atoms with Gasteiger partial charge in [-0.2, -0.15) is 0 Å². The van der Waals surface area contributed by atoms with E-state index < -0.39 is 5.54 Å². The molecule has 5 nitrogen and oxygen atoms in total. The number of nitrogens with zero attached hydrogens (tertiary/aromatic N) is 2. The smallest absolute Gasteiger partial charge is 0.319 e. The Balaban J connectivity index is 1.39. The number of rotatable bonds is 6. The molecule has 0 aromatic heterocycles. The molecular formula is C24H28ClN3O2. The summed E-state index contributed by atoms with van der Waals surface area (Å²) in [5.74, 6) is 0.455. The molecule has 2 heterocycles. The molecule has 0 spiro atoms. The number of amides is 3. The summed E-state index contributed by atoms with van der Waals surface area (Å²) in [5, 5.41) is 3.50. The highest BCUT2D eigenvalue weighted by molar-refractivity contribution is 6.30. The molecule has 6 heteroatoms. The topological polar surface area (TPSA) is 52.7 Å². The third kappa shape index (κ3) is 4.09. The van der Waals surface area contributed by atoms with Gasteiger partial charge in [0.15, 0.2) is 0 Å². The van der Waals surface area contributed by atoms with Crippen molar-refractivity contribution in [2.24, 2.45) is 5.92 Å². The fraction of sp³-hybridized carbons (Fsp3) is 0.417. The van der Waals surface area contributed by atoms with Crippen molar-refractivity contribution >= 4 is 23.5 Å². The number of halogens is 1. The fourth-order valence-electron chi connectivity index (χ4n) is 4.63. The molecule has 0 unspecified atom stereocenters. The molecule has 2 aromatic carbocycles. The Hall–Kier alpha value is -2.37. The normalized spacial score (nSPS) is 23.1. The maximum Gasteiger partial charge on any atom is 0.326 e. The van der Waals surface area contributed by atoms with Crippen LogP contribution in [0.4, 0.5) is 4.79 Å². The van der Waals surface area contributed by atoms with Crippen LogP contribution in [-0.2, 0) is 16.8 Å². The van der Waals surface area contributed by atoms with Crippen molar-refractivity contribution in [3.63, 3.8) is 0 Å². The molecule has 2 saturated heterocycles. The van der Waals surface area contributed by atoms with Gasteiger partial charge in [0.2, 0.25) is 0 Å². The molecule has 2 aliphatic rings. The van der Waals surface area contributed by atoms with Gasteiger partial charge in [0, 0.05) is 18.1 Å². The van der Waals surface area contributed by atoms with Crippen molar-refractivity contribution in [2.45, 2.75) is 38.1 Å². The first-order chi connectivity index (χ1) is 14.5. The molecule has 0 bridgehead atoms.